The Hall–Kier alpha value is -1.50. The fraction of sp³-hybridized carbons (Fsp3) is 0.286. The molecule has 1 heterocycles. The summed E-state index contributed by atoms with van der Waals surface area (Å²) in [4.78, 5) is 17.3. The lowest BCUT2D eigenvalue weighted by atomic mass is 10.3. The maximum atomic E-state index is 12.1. The predicted molar refractivity (Wildman–Crippen MR) is 40.4 cm³/mol. The van der Waals surface area contributed by atoms with Crippen LogP contribution >= 0.6 is 0 Å². The Morgan fingerprint density at radius 1 is 1.50 bits per heavy atom. The normalized spacial score (nSPS) is 11.4. The van der Waals surface area contributed by atoms with Crippen LogP contribution in [-0.4, -0.2) is 22.3 Å². The molecule has 4 nitrogen and oxygen atoms in total. The van der Waals surface area contributed by atoms with Crippen molar-refractivity contribution in [1.29, 1.82) is 0 Å². The molecular formula is C7H6F3N3O. The number of Topliss-reactive ketones (excluding diaryl/α,β-unsaturated/α-hetero) is 1. The van der Waals surface area contributed by atoms with E-state index in [0.29, 0.717) is 6.07 Å². The number of alkyl halides is 3. The number of halogens is 3. The molecule has 0 aromatic carbocycles. The van der Waals surface area contributed by atoms with E-state index in [1.807, 2.05) is 0 Å². The summed E-state index contributed by atoms with van der Waals surface area (Å²) >= 11 is 0. The number of nitrogens with zero attached hydrogens (tertiary/aromatic N) is 2. The highest BCUT2D eigenvalue weighted by Gasteiger charge is 2.33. The first-order valence-electron chi connectivity index (χ1n) is 3.58. The van der Waals surface area contributed by atoms with E-state index in [1.165, 1.54) is 0 Å². The Labute approximate surface area is 77.0 Å². The molecule has 7 heteroatoms. The number of hydrogen-bond donors (Lipinski definition) is 1. The van der Waals surface area contributed by atoms with Gasteiger partial charge < -0.3 is 5.73 Å². The van der Waals surface area contributed by atoms with E-state index in [2.05, 4.69) is 9.97 Å². The molecule has 0 bridgehead atoms. The number of aromatic nitrogens is 2. The first kappa shape index (κ1) is 10.6. The van der Waals surface area contributed by atoms with Crippen LogP contribution < -0.4 is 5.73 Å². The van der Waals surface area contributed by atoms with Crippen LogP contribution in [0.4, 0.5) is 13.2 Å². The second kappa shape index (κ2) is 3.70. The van der Waals surface area contributed by atoms with Gasteiger partial charge in [-0.05, 0) is 6.07 Å². The quantitative estimate of drug-likeness (QED) is 0.719. The molecule has 76 valence electrons. The molecular weight excluding hydrogens is 199 g/mol. The number of rotatable bonds is 2. The van der Waals surface area contributed by atoms with Gasteiger partial charge in [0, 0.05) is 6.20 Å². The molecule has 1 aromatic rings. The number of carbonyl (C=O) groups is 1. The molecule has 0 saturated heterocycles. The van der Waals surface area contributed by atoms with Gasteiger partial charge in [0.25, 0.3) is 0 Å². The van der Waals surface area contributed by atoms with Gasteiger partial charge >= 0.3 is 6.18 Å². The number of ketones is 1. The highest BCUT2D eigenvalue weighted by atomic mass is 19.4. The van der Waals surface area contributed by atoms with E-state index < -0.39 is 30.0 Å². The van der Waals surface area contributed by atoms with Crippen molar-refractivity contribution in [2.24, 2.45) is 5.73 Å². The SMILES string of the molecule is NCC(=O)c1nccc(C(F)(F)F)n1. The average Bonchev–Trinajstić information content (AvgIpc) is 2.15. The lowest BCUT2D eigenvalue weighted by Crippen LogP contribution is -2.19. The lowest BCUT2D eigenvalue weighted by Gasteiger charge is -2.05. The maximum absolute atomic E-state index is 12.1. The molecule has 0 spiro atoms. The summed E-state index contributed by atoms with van der Waals surface area (Å²) < 4.78 is 36.3. The molecule has 0 aliphatic carbocycles. The van der Waals surface area contributed by atoms with Crippen molar-refractivity contribution in [3.63, 3.8) is 0 Å². The van der Waals surface area contributed by atoms with E-state index in [-0.39, 0.29) is 0 Å². The largest absolute Gasteiger partial charge is 0.433 e. The molecule has 0 fully saturated rings. The minimum atomic E-state index is -4.58. The van der Waals surface area contributed by atoms with Crippen LogP contribution in [0.1, 0.15) is 16.3 Å². The third kappa shape index (κ3) is 2.25. The molecule has 1 aromatic heterocycles. The Morgan fingerprint density at radius 2 is 2.14 bits per heavy atom. The van der Waals surface area contributed by atoms with Gasteiger partial charge in [-0.25, -0.2) is 9.97 Å². The summed E-state index contributed by atoms with van der Waals surface area (Å²) in [7, 11) is 0. The molecule has 14 heavy (non-hydrogen) atoms. The van der Waals surface area contributed by atoms with Crippen LogP contribution in [0.5, 0.6) is 0 Å². The summed E-state index contributed by atoms with van der Waals surface area (Å²) in [5.74, 6) is -1.24. The fourth-order valence-electron chi connectivity index (χ4n) is 0.742. The summed E-state index contributed by atoms with van der Waals surface area (Å²) in [5, 5.41) is 0. The third-order valence-electron chi connectivity index (χ3n) is 1.38. The summed E-state index contributed by atoms with van der Waals surface area (Å²) in [6.45, 7) is -0.415. The van der Waals surface area contributed by atoms with Crippen LogP contribution in [0, 0.1) is 0 Å². The highest BCUT2D eigenvalue weighted by molar-refractivity contribution is 5.93. The van der Waals surface area contributed by atoms with Crippen molar-refractivity contribution in [1.82, 2.24) is 9.97 Å². The first-order valence-corrected chi connectivity index (χ1v) is 3.58. The van der Waals surface area contributed by atoms with Crippen LogP contribution in [0.15, 0.2) is 12.3 Å². The van der Waals surface area contributed by atoms with Crippen LogP contribution in [0.3, 0.4) is 0 Å². The van der Waals surface area contributed by atoms with E-state index >= 15 is 0 Å². The van der Waals surface area contributed by atoms with Crippen LogP contribution in [0.2, 0.25) is 0 Å². The summed E-state index contributed by atoms with van der Waals surface area (Å²) in [6.07, 6.45) is -3.70. The Morgan fingerprint density at radius 3 is 2.64 bits per heavy atom. The molecule has 0 atom stereocenters. The zero-order valence-corrected chi connectivity index (χ0v) is 6.88. The zero-order valence-electron chi connectivity index (χ0n) is 6.88. The molecule has 0 aliphatic heterocycles. The van der Waals surface area contributed by atoms with Crippen molar-refractivity contribution in [3.05, 3.63) is 23.8 Å². The van der Waals surface area contributed by atoms with Gasteiger partial charge in [0.1, 0.15) is 5.69 Å². The van der Waals surface area contributed by atoms with Crippen molar-refractivity contribution >= 4 is 5.78 Å². The lowest BCUT2D eigenvalue weighted by molar-refractivity contribution is -0.141. The molecule has 0 unspecified atom stereocenters. The van der Waals surface area contributed by atoms with Gasteiger partial charge in [-0.2, -0.15) is 13.2 Å². The number of hydrogen-bond acceptors (Lipinski definition) is 4. The molecule has 0 amide bonds. The second-order valence-corrected chi connectivity index (χ2v) is 2.39. The van der Waals surface area contributed by atoms with Crippen LogP contribution in [-0.2, 0) is 6.18 Å². The van der Waals surface area contributed by atoms with Gasteiger partial charge in [0.2, 0.25) is 5.78 Å². The topological polar surface area (TPSA) is 68.9 Å². The molecule has 0 aliphatic rings. The van der Waals surface area contributed by atoms with E-state index in [1.54, 1.807) is 0 Å². The Kier molecular flexibility index (Phi) is 2.80. The van der Waals surface area contributed by atoms with Gasteiger partial charge in [-0.3, -0.25) is 4.79 Å². The first-order chi connectivity index (χ1) is 6.45. The van der Waals surface area contributed by atoms with Crippen molar-refractivity contribution < 1.29 is 18.0 Å². The van der Waals surface area contributed by atoms with Crippen molar-refractivity contribution in [3.8, 4) is 0 Å². The van der Waals surface area contributed by atoms with Crippen LogP contribution in [0.25, 0.3) is 0 Å². The van der Waals surface area contributed by atoms with Gasteiger partial charge in [0.05, 0.1) is 6.54 Å². The second-order valence-electron chi connectivity index (χ2n) is 2.39. The maximum Gasteiger partial charge on any atom is 0.433 e. The molecule has 2 N–H and O–H groups in total. The minimum Gasteiger partial charge on any atom is -0.324 e. The van der Waals surface area contributed by atoms with E-state index in [9.17, 15) is 18.0 Å². The monoisotopic (exact) mass is 205 g/mol. The van der Waals surface area contributed by atoms with Gasteiger partial charge in [-0.15, -0.1) is 0 Å². The molecule has 0 radical (unpaired) electrons. The Balaban J connectivity index is 3.08. The summed E-state index contributed by atoms with van der Waals surface area (Å²) in [5.41, 5.74) is 3.80. The van der Waals surface area contributed by atoms with Crippen molar-refractivity contribution in [2.75, 3.05) is 6.54 Å². The average molecular weight is 205 g/mol. The van der Waals surface area contributed by atoms with E-state index in [4.69, 9.17) is 5.73 Å². The smallest absolute Gasteiger partial charge is 0.324 e. The molecule has 1 rings (SSSR count). The third-order valence-corrected chi connectivity index (χ3v) is 1.38. The fourth-order valence-corrected chi connectivity index (χ4v) is 0.742. The summed E-state index contributed by atoms with van der Waals surface area (Å²) in [6, 6.07) is 0.688. The van der Waals surface area contributed by atoms with Gasteiger partial charge in [-0.1, -0.05) is 0 Å². The number of carbonyl (C=O) groups excluding carboxylic acids is 1. The van der Waals surface area contributed by atoms with Gasteiger partial charge in [0.15, 0.2) is 5.82 Å². The predicted octanol–water partition coefficient (Wildman–Crippen LogP) is 0.637. The zero-order chi connectivity index (χ0) is 10.8. The number of nitrogens with two attached hydrogens (primary N) is 1. The standard InChI is InChI=1S/C7H6F3N3O/c8-7(9,10)5-1-2-12-6(13-5)4(14)3-11/h1-2H,3,11H2. The van der Waals surface area contributed by atoms with E-state index in [0.717, 1.165) is 6.20 Å². The highest BCUT2D eigenvalue weighted by Crippen LogP contribution is 2.26. The molecule has 0 saturated carbocycles. The Bertz CT molecular complexity index is 350. The van der Waals surface area contributed by atoms with Crippen molar-refractivity contribution in [2.45, 2.75) is 6.18 Å². The minimum absolute atomic E-state index is 0.415.